The first-order valence-electron chi connectivity index (χ1n) is 9.18. The molecule has 2 heterocycles. The lowest BCUT2D eigenvalue weighted by Gasteiger charge is -2.34. The molecular weight excluding hydrogens is 320 g/mol. The summed E-state index contributed by atoms with van der Waals surface area (Å²) in [6.07, 6.45) is 2.94. The van der Waals surface area contributed by atoms with Gasteiger partial charge >= 0.3 is 0 Å². The summed E-state index contributed by atoms with van der Waals surface area (Å²) in [6, 6.07) is 10.2. The second-order valence-electron chi connectivity index (χ2n) is 6.84. The van der Waals surface area contributed by atoms with E-state index in [1.165, 1.54) is 0 Å². The molecule has 0 spiro atoms. The number of hydrogen-bond acceptors (Lipinski definition) is 5. The van der Waals surface area contributed by atoms with Gasteiger partial charge in [-0.25, -0.2) is 0 Å². The number of fused-ring (bicyclic) bond motifs is 1. The van der Waals surface area contributed by atoms with Crippen molar-refractivity contribution in [2.45, 2.75) is 43.9 Å². The molecule has 0 aromatic heterocycles. The highest BCUT2D eigenvalue weighted by Crippen LogP contribution is 2.24. The third-order valence-corrected chi connectivity index (χ3v) is 4.87. The van der Waals surface area contributed by atoms with E-state index in [1.807, 2.05) is 30.3 Å². The molecule has 138 valence electrons. The SMILES string of the molecule is O=C(CCCOc1ccccc1)N[C@H]1C[C@H]2CO[C@@H](CCO)CN2C1. The van der Waals surface area contributed by atoms with Crippen LogP contribution in [0.4, 0.5) is 0 Å². The van der Waals surface area contributed by atoms with Crippen LogP contribution >= 0.6 is 0 Å². The number of ether oxygens (including phenoxy) is 2. The molecule has 1 amide bonds. The lowest BCUT2D eigenvalue weighted by Crippen LogP contribution is -2.46. The number of morpholine rings is 1. The highest BCUT2D eigenvalue weighted by atomic mass is 16.5. The van der Waals surface area contributed by atoms with E-state index in [4.69, 9.17) is 14.6 Å². The van der Waals surface area contributed by atoms with Crippen LogP contribution in [0.3, 0.4) is 0 Å². The van der Waals surface area contributed by atoms with Crippen LogP contribution in [0.25, 0.3) is 0 Å². The van der Waals surface area contributed by atoms with Crippen molar-refractivity contribution >= 4 is 5.91 Å². The number of nitrogens with zero attached hydrogens (tertiary/aromatic N) is 1. The molecule has 0 saturated carbocycles. The van der Waals surface area contributed by atoms with Gasteiger partial charge in [-0.2, -0.15) is 0 Å². The van der Waals surface area contributed by atoms with Crippen molar-refractivity contribution in [3.05, 3.63) is 30.3 Å². The number of rotatable bonds is 8. The molecule has 2 saturated heterocycles. The van der Waals surface area contributed by atoms with E-state index in [-0.39, 0.29) is 24.7 Å². The van der Waals surface area contributed by atoms with Gasteiger partial charge in [-0.3, -0.25) is 9.69 Å². The normalized spacial score (nSPS) is 26.2. The van der Waals surface area contributed by atoms with Crippen LogP contribution in [0.2, 0.25) is 0 Å². The summed E-state index contributed by atoms with van der Waals surface area (Å²) in [5, 5.41) is 12.2. The monoisotopic (exact) mass is 348 g/mol. The number of amides is 1. The first-order chi connectivity index (χ1) is 12.2. The van der Waals surface area contributed by atoms with Crippen LogP contribution in [0.15, 0.2) is 30.3 Å². The van der Waals surface area contributed by atoms with Crippen molar-refractivity contribution in [3.8, 4) is 5.75 Å². The fourth-order valence-electron chi connectivity index (χ4n) is 3.61. The van der Waals surface area contributed by atoms with Gasteiger partial charge in [0.2, 0.25) is 5.91 Å². The molecule has 1 aromatic carbocycles. The van der Waals surface area contributed by atoms with Crippen LogP contribution in [-0.4, -0.2) is 67.0 Å². The maximum atomic E-state index is 12.1. The predicted molar refractivity (Wildman–Crippen MR) is 94.5 cm³/mol. The highest BCUT2D eigenvalue weighted by molar-refractivity contribution is 5.76. The molecule has 6 heteroatoms. The zero-order valence-corrected chi connectivity index (χ0v) is 14.6. The summed E-state index contributed by atoms with van der Waals surface area (Å²) in [5.41, 5.74) is 0. The number of aliphatic hydroxyl groups excluding tert-OH is 1. The predicted octanol–water partition coefficient (Wildman–Crippen LogP) is 1.19. The summed E-state index contributed by atoms with van der Waals surface area (Å²) in [5.74, 6) is 0.933. The van der Waals surface area contributed by atoms with Gasteiger partial charge in [-0.15, -0.1) is 0 Å². The maximum absolute atomic E-state index is 12.1. The molecule has 3 atom stereocenters. The molecule has 0 aliphatic carbocycles. The van der Waals surface area contributed by atoms with Crippen molar-refractivity contribution in [2.75, 3.05) is 32.9 Å². The molecule has 2 aliphatic rings. The van der Waals surface area contributed by atoms with E-state index in [2.05, 4.69) is 10.2 Å². The largest absolute Gasteiger partial charge is 0.494 e. The molecule has 0 radical (unpaired) electrons. The fourth-order valence-corrected chi connectivity index (χ4v) is 3.61. The minimum atomic E-state index is 0.0920. The van der Waals surface area contributed by atoms with Gasteiger partial charge in [0.05, 0.1) is 19.3 Å². The topological polar surface area (TPSA) is 71.0 Å². The molecule has 0 bridgehead atoms. The summed E-state index contributed by atoms with van der Waals surface area (Å²) >= 11 is 0. The lowest BCUT2D eigenvalue weighted by atomic mass is 10.1. The second kappa shape index (κ2) is 9.17. The number of hydrogen-bond donors (Lipinski definition) is 2. The summed E-state index contributed by atoms with van der Waals surface area (Å²) < 4.78 is 11.4. The fraction of sp³-hybridized carbons (Fsp3) is 0.632. The minimum absolute atomic E-state index is 0.0920. The lowest BCUT2D eigenvalue weighted by molar-refractivity contribution is -0.121. The molecule has 2 aliphatic heterocycles. The summed E-state index contributed by atoms with van der Waals surface area (Å²) in [7, 11) is 0. The number of carbonyl (C=O) groups excluding carboxylic acids is 1. The summed E-state index contributed by atoms with van der Waals surface area (Å²) in [6.45, 7) is 3.13. The van der Waals surface area contributed by atoms with Gasteiger partial charge in [-0.1, -0.05) is 18.2 Å². The summed E-state index contributed by atoms with van der Waals surface area (Å²) in [4.78, 5) is 14.5. The standard InChI is InChI=1S/C19H28N2O4/c22-9-8-18-13-21-12-15(11-16(21)14-25-18)20-19(23)7-4-10-24-17-5-2-1-3-6-17/h1-3,5-6,15-16,18,22H,4,7-14H2,(H,20,23)/t15-,16-,18-/m0/s1. The molecule has 2 fully saturated rings. The Hall–Kier alpha value is -1.63. The van der Waals surface area contributed by atoms with E-state index in [9.17, 15) is 4.79 Å². The molecule has 6 nitrogen and oxygen atoms in total. The van der Waals surface area contributed by atoms with Gasteiger partial charge < -0.3 is 19.9 Å². The average molecular weight is 348 g/mol. The van der Waals surface area contributed by atoms with Gasteiger partial charge in [-0.05, 0) is 31.4 Å². The van der Waals surface area contributed by atoms with Crippen molar-refractivity contribution in [3.63, 3.8) is 0 Å². The zero-order chi connectivity index (χ0) is 17.5. The van der Waals surface area contributed by atoms with Crippen LogP contribution in [0.1, 0.15) is 25.7 Å². The smallest absolute Gasteiger partial charge is 0.220 e. The molecule has 3 rings (SSSR count). The number of carbonyl (C=O) groups is 1. The van der Waals surface area contributed by atoms with E-state index in [1.54, 1.807) is 0 Å². The minimum Gasteiger partial charge on any atom is -0.494 e. The van der Waals surface area contributed by atoms with Crippen LogP contribution < -0.4 is 10.1 Å². The van der Waals surface area contributed by atoms with Crippen LogP contribution in [0.5, 0.6) is 5.75 Å². The number of nitrogens with one attached hydrogen (secondary N) is 1. The first-order valence-corrected chi connectivity index (χ1v) is 9.18. The van der Waals surface area contributed by atoms with Crippen molar-refractivity contribution in [1.29, 1.82) is 0 Å². The Morgan fingerprint density at radius 1 is 1.32 bits per heavy atom. The van der Waals surface area contributed by atoms with Crippen LogP contribution in [0, 0.1) is 0 Å². The zero-order valence-electron chi connectivity index (χ0n) is 14.6. The molecule has 0 unspecified atom stereocenters. The van der Waals surface area contributed by atoms with Gasteiger partial charge in [0.1, 0.15) is 5.75 Å². The quantitative estimate of drug-likeness (QED) is 0.691. The van der Waals surface area contributed by atoms with Crippen molar-refractivity contribution < 1.29 is 19.4 Å². The Balaban J connectivity index is 1.32. The van der Waals surface area contributed by atoms with Gasteiger partial charge in [0.15, 0.2) is 0 Å². The third-order valence-electron chi connectivity index (χ3n) is 4.87. The van der Waals surface area contributed by atoms with Gasteiger partial charge in [0.25, 0.3) is 0 Å². The van der Waals surface area contributed by atoms with E-state index >= 15 is 0 Å². The van der Waals surface area contributed by atoms with Crippen molar-refractivity contribution in [1.82, 2.24) is 10.2 Å². The Bertz CT molecular complexity index is 539. The Morgan fingerprint density at radius 2 is 2.16 bits per heavy atom. The Morgan fingerprint density at radius 3 is 2.96 bits per heavy atom. The number of benzene rings is 1. The molecular formula is C19H28N2O4. The second-order valence-corrected chi connectivity index (χ2v) is 6.84. The Kier molecular flexibility index (Phi) is 6.67. The first kappa shape index (κ1) is 18.2. The van der Waals surface area contributed by atoms with E-state index < -0.39 is 0 Å². The average Bonchev–Trinajstić information content (AvgIpc) is 3.01. The Labute approximate surface area is 149 Å². The van der Waals surface area contributed by atoms with Crippen LogP contribution in [-0.2, 0) is 9.53 Å². The third kappa shape index (κ3) is 5.42. The maximum Gasteiger partial charge on any atom is 0.220 e. The molecule has 25 heavy (non-hydrogen) atoms. The van der Waals surface area contributed by atoms with E-state index in [0.717, 1.165) is 25.3 Å². The number of aliphatic hydroxyl groups is 1. The van der Waals surface area contributed by atoms with E-state index in [0.29, 0.717) is 38.5 Å². The molecule has 1 aromatic rings. The van der Waals surface area contributed by atoms with Crippen molar-refractivity contribution in [2.24, 2.45) is 0 Å². The van der Waals surface area contributed by atoms with Gasteiger partial charge in [0, 0.05) is 38.2 Å². The number of para-hydroxylation sites is 1. The molecule has 2 N–H and O–H groups in total. The highest BCUT2D eigenvalue weighted by Gasteiger charge is 2.37.